The second-order valence-electron chi connectivity index (χ2n) is 3.92. The molecule has 0 unspecified atom stereocenters. The zero-order valence-corrected chi connectivity index (χ0v) is 9.47. The summed E-state index contributed by atoms with van der Waals surface area (Å²) < 4.78 is 7.48. The van der Waals surface area contributed by atoms with Crippen LogP contribution in [0.3, 0.4) is 0 Å². The maximum atomic E-state index is 5.32. The highest BCUT2D eigenvalue weighted by molar-refractivity contribution is 6.07. The van der Waals surface area contributed by atoms with Crippen LogP contribution in [-0.4, -0.2) is 4.57 Å². The standard InChI is InChI=1S/C15H13NO/c1-2-17-11-16-14-9-5-3-7-12(14)13-8-4-6-10-15(13)16/h2-10H,1,11H2. The zero-order valence-electron chi connectivity index (χ0n) is 9.47. The van der Waals surface area contributed by atoms with Crippen LogP contribution in [0.1, 0.15) is 0 Å². The minimum Gasteiger partial charge on any atom is -0.481 e. The molecule has 0 N–H and O–H groups in total. The monoisotopic (exact) mass is 223 g/mol. The van der Waals surface area contributed by atoms with Gasteiger partial charge in [-0.1, -0.05) is 43.0 Å². The predicted molar refractivity (Wildman–Crippen MR) is 70.7 cm³/mol. The molecule has 0 aliphatic carbocycles. The van der Waals surface area contributed by atoms with Crippen molar-refractivity contribution < 1.29 is 4.74 Å². The highest BCUT2D eigenvalue weighted by atomic mass is 16.5. The van der Waals surface area contributed by atoms with Crippen LogP contribution >= 0.6 is 0 Å². The van der Waals surface area contributed by atoms with Crippen molar-refractivity contribution in [2.24, 2.45) is 0 Å². The Labute approximate surface area is 99.7 Å². The van der Waals surface area contributed by atoms with Crippen LogP contribution in [0.25, 0.3) is 21.8 Å². The first kappa shape index (κ1) is 9.97. The van der Waals surface area contributed by atoms with Crippen LogP contribution < -0.4 is 0 Å². The van der Waals surface area contributed by atoms with E-state index in [-0.39, 0.29) is 0 Å². The Hall–Kier alpha value is -2.22. The first-order valence-corrected chi connectivity index (χ1v) is 5.60. The van der Waals surface area contributed by atoms with Gasteiger partial charge in [0.2, 0.25) is 0 Å². The van der Waals surface area contributed by atoms with Gasteiger partial charge in [-0.25, -0.2) is 0 Å². The maximum Gasteiger partial charge on any atom is 0.164 e. The van der Waals surface area contributed by atoms with Crippen molar-refractivity contribution in [2.45, 2.75) is 6.73 Å². The van der Waals surface area contributed by atoms with Crippen molar-refractivity contribution in [3.8, 4) is 0 Å². The molecule has 84 valence electrons. The summed E-state index contributed by atoms with van der Waals surface area (Å²) in [5.74, 6) is 0. The smallest absolute Gasteiger partial charge is 0.164 e. The van der Waals surface area contributed by atoms with Crippen LogP contribution in [-0.2, 0) is 11.5 Å². The molecule has 17 heavy (non-hydrogen) atoms. The molecule has 0 aliphatic heterocycles. The summed E-state index contributed by atoms with van der Waals surface area (Å²) in [4.78, 5) is 0. The molecule has 0 aliphatic rings. The van der Waals surface area contributed by atoms with E-state index in [2.05, 4.69) is 47.5 Å². The summed E-state index contributed by atoms with van der Waals surface area (Å²) in [6.45, 7) is 4.08. The number of para-hydroxylation sites is 2. The molecule has 3 rings (SSSR count). The van der Waals surface area contributed by atoms with Gasteiger partial charge in [-0.05, 0) is 12.1 Å². The van der Waals surface area contributed by atoms with E-state index in [1.807, 2.05) is 12.1 Å². The van der Waals surface area contributed by atoms with Crippen molar-refractivity contribution in [2.75, 3.05) is 0 Å². The molecule has 0 spiro atoms. The van der Waals surface area contributed by atoms with E-state index in [0.717, 1.165) is 0 Å². The molecule has 3 aromatic rings. The molecular weight excluding hydrogens is 210 g/mol. The molecule has 1 heterocycles. The quantitative estimate of drug-likeness (QED) is 0.614. The van der Waals surface area contributed by atoms with Gasteiger partial charge < -0.3 is 9.30 Å². The van der Waals surface area contributed by atoms with Crippen LogP contribution in [0, 0.1) is 0 Å². The summed E-state index contributed by atoms with van der Waals surface area (Å²) in [5, 5.41) is 2.52. The van der Waals surface area contributed by atoms with E-state index in [1.54, 1.807) is 0 Å². The van der Waals surface area contributed by atoms with Crippen molar-refractivity contribution in [3.63, 3.8) is 0 Å². The second kappa shape index (κ2) is 3.98. The topological polar surface area (TPSA) is 14.2 Å². The van der Waals surface area contributed by atoms with Gasteiger partial charge >= 0.3 is 0 Å². The Bertz CT molecular complexity index is 628. The fourth-order valence-corrected chi connectivity index (χ4v) is 2.27. The van der Waals surface area contributed by atoms with Crippen molar-refractivity contribution in [3.05, 3.63) is 61.4 Å². The first-order chi connectivity index (χ1) is 8.42. The van der Waals surface area contributed by atoms with Gasteiger partial charge in [0, 0.05) is 10.8 Å². The van der Waals surface area contributed by atoms with E-state index in [9.17, 15) is 0 Å². The van der Waals surface area contributed by atoms with E-state index in [4.69, 9.17) is 4.74 Å². The molecule has 1 aromatic heterocycles. The fraction of sp³-hybridized carbons (Fsp3) is 0.0667. The number of nitrogens with zero attached hydrogens (tertiary/aromatic N) is 1. The SMILES string of the molecule is C=COCn1c2ccccc2c2ccccc21. The lowest BCUT2D eigenvalue weighted by Crippen LogP contribution is -1.98. The molecule has 2 aromatic carbocycles. The third kappa shape index (κ3) is 1.49. The third-order valence-corrected chi connectivity index (χ3v) is 3.00. The molecule has 0 bridgehead atoms. The molecule has 0 saturated carbocycles. The number of rotatable bonds is 3. The lowest BCUT2D eigenvalue weighted by atomic mass is 10.2. The molecule has 0 amide bonds. The van der Waals surface area contributed by atoms with Gasteiger partial charge in [0.05, 0.1) is 17.3 Å². The van der Waals surface area contributed by atoms with Crippen LogP contribution in [0.2, 0.25) is 0 Å². The Morgan fingerprint density at radius 3 is 2.00 bits per heavy atom. The van der Waals surface area contributed by atoms with Gasteiger partial charge in [0.25, 0.3) is 0 Å². The summed E-state index contributed by atoms with van der Waals surface area (Å²) >= 11 is 0. The van der Waals surface area contributed by atoms with Gasteiger partial charge in [0.15, 0.2) is 6.73 Å². The lowest BCUT2D eigenvalue weighted by molar-refractivity contribution is 0.184. The van der Waals surface area contributed by atoms with Gasteiger partial charge in [0.1, 0.15) is 0 Å². The third-order valence-electron chi connectivity index (χ3n) is 3.00. The number of hydrogen-bond donors (Lipinski definition) is 0. The van der Waals surface area contributed by atoms with Crippen molar-refractivity contribution >= 4 is 21.8 Å². The fourth-order valence-electron chi connectivity index (χ4n) is 2.27. The molecule has 0 saturated heterocycles. The van der Waals surface area contributed by atoms with Crippen LogP contribution in [0.4, 0.5) is 0 Å². The van der Waals surface area contributed by atoms with Crippen molar-refractivity contribution in [1.29, 1.82) is 0 Å². The molecule has 2 heteroatoms. The number of ether oxygens (including phenoxy) is 1. The first-order valence-electron chi connectivity index (χ1n) is 5.60. The normalized spacial score (nSPS) is 10.8. The molecular formula is C15H13NO. The summed E-state index contributed by atoms with van der Waals surface area (Å²) in [6, 6.07) is 16.7. The van der Waals surface area contributed by atoms with E-state index < -0.39 is 0 Å². The van der Waals surface area contributed by atoms with Gasteiger partial charge in [-0.2, -0.15) is 0 Å². The number of benzene rings is 2. The summed E-state index contributed by atoms with van der Waals surface area (Å²) in [5.41, 5.74) is 2.38. The predicted octanol–water partition coefficient (Wildman–Crippen LogP) is 3.91. The number of hydrogen-bond acceptors (Lipinski definition) is 1. The average Bonchev–Trinajstić information content (AvgIpc) is 2.71. The zero-order chi connectivity index (χ0) is 11.7. The Balaban J connectivity index is 2.37. The molecule has 2 nitrogen and oxygen atoms in total. The molecule has 0 fully saturated rings. The largest absolute Gasteiger partial charge is 0.481 e. The van der Waals surface area contributed by atoms with Crippen LogP contribution in [0.15, 0.2) is 61.4 Å². The molecule has 0 atom stereocenters. The minimum atomic E-state index is 0.498. The number of aromatic nitrogens is 1. The maximum absolute atomic E-state index is 5.32. The van der Waals surface area contributed by atoms with E-state index >= 15 is 0 Å². The van der Waals surface area contributed by atoms with E-state index in [1.165, 1.54) is 28.1 Å². The Morgan fingerprint density at radius 1 is 0.941 bits per heavy atom. The number of fused-ring (bicyclic) bond motifs is 3. The van der Waals surface area contributed by atoms with E-state index in [0.29, 0.717) is 6.73 Å². The highest BCUT2D eigenvalue weighted by Gasteiger charge is 2.08. The van der Waals surface area contributed by atoms with Gasteiger partial charge in [-0.15, -0.1) is 0 Å². The average molecular weight is 223 g/mol. The lowest BCUT2D eigenvalue weighted by Gasteiger charge is -2.06. The Morgan fingerprint density at radius 2 is 1.47 bits per heavy atom. The molecule has 0 radical (unpaired) electrons. The summed E-state index contributed by atoms with van der Waals surface area (Å²) in [7, 11) is 0. The Kier molecular flexibility index (Phi) is 2.33. The minimum absolute atomic E-state index is 0.498. The highest BCUT2D eigenvalue weighted by Crippen LogP contribution is 2.28. The van der Waals surface area contributed by atoms with Crippen molar-refractivity contribution in [1.82, 2.24) is 4.57 Å². The summed E-state index contributed by atoms with van der Waals surface area (Å²) in [6.07, 6.45) is 1.48. The second-order valence-corrected chi connectivity index (χ2v) is 3.92. The van der Waals surface area contributed by atoms with Crippen LogP contribution in [0.5, 0.6) is 0 Å². The van der Waals surface area contributed by atoms with Gasteiger partial charge in [-0.3, -0.25) is 0 Å².